The van der Waals surface area contributed by atoms with Crippen LogP contribution < -0.4 is 5.32 Å². The Morgan fingerprint density at radius 1 is 1.25 bits per heavy atom. The zero-order valence-electron chi connectivity index (χ0n) is 12.4. The number of carboxylic acids is 1. The maximum absolute atomic E-state index is 12.3. The minimum absolute atomic E-state index is 0.0706. The molecule has 0 saturated heterocycles. The van der Waals surface area contributed by atoms with Crippen LogP contribution in [0.1, 0.15) is 57.8 Å². The summed E-state index contributed by atoms with van der Waals surface area (Å²) in [5, 5.41) is 12.5. The van der Waals surface area contributed by atoms with E-state index in [1.165, 1.54) is 12.8 Å². The minimum atomic E-state index is -0.803. The van der Waals surface area contributed by atoms with Gasteiger partial charge in [-0.05, 0) is 25.7 Å². The quantitative estimate of drug-likeness (QED) is 0.746. The lowest BCUT2D eigenvalue weighted by atomic mass is 9.78. The Morgan fingerprint density at radius 2 is 1.90 bits per heavy atom. The fraction of sp³-hybridized carbons (Fsp3) is 0.867. The molecule has 0 spiro atoms. The summed E-state index contributed by atoms with van der Waals surface area (Å²) in [6.07, 6.45) is 7.79. The molecule has 2 aliphatic rings. The Morgan fingerprint density at radius 3 is 2.45 bits per heavy atom. The Balaban J connectivity index is 1.91. The van der Waals surface area contributed by atoms with Crippen LogP contribution in [-0.4, -0.2) is 47.1 Å². The first-order valence-electron chi connectivity index (χ1n) is 7.75. The lowest BCUT2D eigenvalue weighted by molar-refractivity contribution is -0.145. The molecule has 0 heterocycles. The molecular weight excluding hydrogens is 256 g/mol. The van der Waals surface area contributed by atoms with E-state index in [9.17, 15) is 9.59 Å². The van der Waals surface area contributed by atoms with Gasteiger partial charge in [0.2, 0.25) is 5.91 Å². The second-order valence-corrected chi connectivity index (χ2v) is 6.29. The monoisotopic (exact) mass is 282 g/mol. The van der Waals surface area contributed by atoms with Gasteiger partial charge in [0.15, 0.2) is 0 Å². The topological polar surface area (TPSA) is 69.6 Å². The van der Waals surface area contributed by atoms with Gasteiger partial charge in [-0.1, -0.05) is 19.3 Å². The maximum Gasteiger partial charge on any atom is 0.305 e. The number of aliphatic carboxylic acids is 1. The Hall–Kier alpha value is -1.10. The summed E-state index contributed by atoms with van der Waals surface area (Å²) in [4.78, 5) is 25.2. The molecule has 1 amide bonds. The van der Waals surface area contributed by atoms with Gasteiger partial charge in [0.05, 0.1) is 12.0 Å². The van der Waals surface area contributed by atoms with Crippen LogP contribution in [0.5, 0.6) is 0 Å². The van der Waals surface area contributed by atoms with Gasteiger partial charge >= 0.3 is 5.97 Å². The first kappa shape index (κ1) is 15.3. The molecule has 5 heteroatoms. The van der Waals surface area contributed by atoms with Gasteiger partial charge in [0, 0.05) is 26.1 Å². The number of carbonyl (C=O) groups is 2. The van der Waals surface area contributed by atoms with Crippen LogP contribution in [0.15, 0.2) is 0 Å². The standard InChI is InChI=1S/C15H26N2O3/c1-17(13(18)7-10-16-12-5-6-12)15(11-14(19)20)8-3-2-4-9-15/h12,16H,2-11H2,1H3,(H,19,20). The summed E-state index contributed by atoms with van der Waals surface area (Å²) >= 11 is 0. The zero-order chi connectivity index (χ0) is 14.6. The highest BCUT2D eigenvalue weighted by molar-refractivity contribution is 5.78. The minimum Gasteiger partial charge on any atom is -0.481 e. The fourth-order valence-electron chi connectivity index (χ4n) is 3.23. The largest absolute Gasteiger partial charge is 0.481 e. The van der Waals surface area contributed by atoms with Crippen molar-refractivity contribution in [1.29, 1.82) is 0 Å². The predicted octanol–water partition coefficient (Wildman–Crippen LogP) is 1.76. The first-order valence-corrected chi connectivity index (χ1v) is 7.75. The number of rotatable bonds is 7. The lowest BCUT2D eigenvalue weighted by Crippen LogP contribution is -2.52. The number of amides is 1. The smallest absolute Gasteiger partial charge is 0.305 e. The molecule has 0 aliphatic heterocycles. The van der Waals surface area contributed by atoms with E-state index in [2.05, 4.69) is 5.32 Å². The molecule has 0 radical (unpaired) electrons. The second kappa shape index (κ2) is 6.57. The van der Waals surface area contributed by atoms with Crippen molar-refractivity contribution in [3.8, 4) is 0 Å². The molecule has 20 heavy (non-hydrogen) atoms. The van der Waals surface area contributed by atoms with Crippen molar-refractivity contribution in [2.75, 3.05) is 13.6 Å². The van der Waals surface area contributed by atoms with E-state index in [1.807, 2.05) is 0 Å². The highest BCUT2D eigenvalue weighted by Crippen LogP contribution is 2.36. The normalized spacial score (nSPS) is 21.4. The Bertz CT molecular complexity index is 360. The molecule has 5 nitrogen and oxygen atoms in total. The van der Waals surface area contributed by atoms with Crippen LogP contribution in [0.2, 0.25) is 0 Å². The van der Waals surface area contributed by atoms with Crippen molar-refractivity contribution in [2.45, 2.75) is 69.4 Å². The number of hydrogen-bond acceptors (Lipinski definition) is 3. The Labute approximate surface area is 120 Å². The number of carboxylic acid groups (broad SMARTS) is 1. The molecule has 2 N–H and O–H groups in total. The molecular formula is C15H26N2O3. The van der Waals surface area contributed by atoms with Crippen LogP contribution in [0.4, 0.5) is 0 Å². The number of hydrogen-bond donors (Lipinski definition) is 2. The third-order valence-corrected chi connectivity index (χ3v) is 4.70. The van der Waals surface area contributed by atoms with Crippen molar-refractivity contribution in [3.05, 3.63) is 0 Å². The highest BCUT2D eigenvalue weighted by atomic mass is 16.4. The first-order chi connectivity index (χ1) is 9.53. The van der Waals surface area contributed by atoms with Crippen molar-refractivity contribution in [2.24, 2.45) is 0 Å². The maximum atomic E-state index is 12.3. The average Bonchev–Trinajstić information content (AvgIpc) is 3.22. The van der Waals surface area contributed by atoms with E-state index < -0.39 is 11.5 Å². The summed E-state index contributed by atoms with van der Waals surface area (Å²) < 4.78 is 0. The Kier molecular flexibility index (Phi) is 5.02. The summed E-state index contributed by atoms with van der Waals surface area (Å²) in [6, 6.07) is 0.607. The van der Waals surface area contributed by atoms with E-state index in [0.717, 1.165) is 32.1 Å². The van der Waals surface area contributed by atoms with Crippen LogP contribution in [0, 0.1) is 0 Å². The predicted molar refractivity (Wildman–Crippen MR) is 76.5 cm³/mol. The fourth-order valence-corrected chi connectivity index (χ4v) is 3.23. The van der Waals surface area contributed by atoms with Crippen LogP contribution in [0.25, 0.3) is 0 Å². The van der Waals surface area contributed by atoms with Crippen LogP contribution in [-0.2, 0) is 9.59 Å². The van der Waals surface area contributed by atoms with E-state index in [4.69, 9.17) is 5.11 Å². The molecule has 0 bridgehead atoms. The van der Waals surface area contributed by atoms with E-state index in [0.29, 0.717) is 19.0 Å². The number of carbonyl (C=O) groups excluding carboxylic acids is 1. The molecule has 0 aromatic heterocycles. The molecule has 0 atom stereocenters. The zero-order valence-corrected chi connectivity index (χ0v) is 12.4. The molecule has 2 saturated carbocycles. The average molecular weight is 282 g/mol. The third kappa shape index (κ3) is 3.95. The van der Waals surface area contributed by atoms with Crippen molar-refractivity contribution < 1.29 is 14.7 Å². The van der Waals surface area contributed by atoms with Gasteiger partial charge in [-0.25, -0.2) is 0 Å². The van der Waals surface area contributed by atoms with Crippen LogP contribution in [0.3, 0.4) is 0 Å². The summed E-state index contributed by atoms with van der Waals surface area (Å²) in [6.45, 7) is 0.705. The van der Waals surface area contributed by atoms with Crippen molar-refractivity contribution in [3.63, 3.8) is 0 Å². The van der Waals surface area contributed by atoms with Gasteiger partial charge in [0.1, 0.15) is 0 Å². The summed E-state index contributed by atoms with van der Waals surface area (Å²) in [5.74, 6) is -0.732. The van der Waals surface area contributed by atoms with Gasteiger partial charge in [-0.3, -0.25) is 9.59 Å². The molecule has 0 aromatic rings. The SMILES string of the molecule is CN(C(=O)CCNC1CC1)C1(CC(=O)O)CCCCC1. The molecule has 0 aromatic carbocycles. The summed E-state index contributed by atoms with van der Waals surface area (Å²) in [7, 11) is 1.79. The lowest BCUT2D eigenvalue weighted by Gasteiger charge is -2.44. The molecule has 2 fully saturated rings. The molecule has 0 unspecified atom stereocenters. The van der Waals surface area contributed by atoms with Crippen molar-refractivity contribution in [1.82, 2.24) is 10.2 Å². The molecule has 2 rings (SSSR count). The second-order valence-electron chi connectivity index (χ2n) is 6.29. The van der Waals surface area contributed by atoms with Crippen molar-refractivity contribution >= 4 is 11.9 Å². The number of nitrogens with zero attached hydrogens (tertiary/aromatic N) is 1. The van der Waals surface area contributed by atoms with Gasteiger partial charge in [0.25, 0.3) is 0 Å². The summed E-state index contributed by atoms with van der Waals surface area (Å²) in [5.41, 5.74) is -0.458. The van der Waals surface area contributed by atoms with Gasteiger partial charge in [-0.15, -0.1) is 0 Å². The van der Waals surface area contributed by atoms with E-state index in [-0.39, 0.29) is 12.3 Å². The molecule has 2 aliphatic carbocycles. The third-order valence-electron chi connectivity index (χ3n) is 4.70. The molecule has 114 valence electrons. The van der Waals surface area contributed by atoms with Gasteiger partial charge in [-0.2, -0.15) is 0 Å². The number of nitrogens with one attached hydrogen (secondary N) is 1. The van der Waals surface area contributed by atoms with Gasteiger partial charge < -0.3 is 15.3 Å². The highest BCUT2D eigenvalue weighted by Gasteiger charge is 2.40. The van der Waals surface area contributed by atoms with E-state index in [1.54, 1.807) is 11.9 Å². The van der Waals surface area contributed by atoms with Crippen LogP contribution >= 0.6 is 0 Å². The van der Waals surface area contributed by atoms with E-state index >= 15 is 0 Å².